The summed E-state index contributed by atoms with van der Waals surface area (Å²) in [6.45, 7) is 2.46. The van der Waals surface area contributed by atoms with Crippen molar-refractivity contribution in [3.8, 4) is 0 Å². The van der Waals surface area contributed by atoms with Crippen molar-refractivity contribution in [1.82, 2.24) is 4.31 Å². The SMILES string of the molecule is CC1CCCN(C)S1(=O)=O. The molecule has 1 unspecified atom stereocenters. The van der Waals surface area contributed by atoms with Crippen LogP contribution in [-0.2, 0) is 10.0 Å². The van der Waals surface area contributed by atoms with Gasteiger partial charge in [0.05, 0.1) is 5.25 Å². The van der Waals surface area contributed by atoms with Crippen LogP contribution in [0.25, 0.3) is 0 Å². The Morgan fingerprint density at radius 3 is 2.50 bits per heavy atom. The zero-order valence-corrected chi connectivity index (χ0v) is 7.19. The Hall–Kier alpha value is -0.0900. The van der Waals surface area contributed by atoms with Crippen molar-refractivity contribution >= 4 is 10.0 Å². The van der Waals surface area contributed by atoms with E-state index in [1.165, 1.54) is 4.31 Å². The van der Waals surface area contributed by atoms with E-state index in [0.29, 0.717) is 6.54 Å². The third-order valence-electron chi connectivity index (χ3n) is 2.03. The van der Waals surface area contributed by atoms with Gasteiger partial charge in [-0.25, -0.2) is 12.7 Å². The lowest BCUT2D eigenvalue weighted by atomic mass is 10.2. The lowest BCUT2D eigenvalue weighted by molar-refractivity contribution is 0.414. The van der Waals surface area contributed by atoms with Crippen molar-refractivity contribution in [2.24, 2.45) is 0 Å². The molecule has 0 aliphatic carbocycles. The number of hydrogen-bond donors (Lipinski definition) is 0. The van der Waals surface area contributed by atoms with E-state index < -0.39 is 10.0 Å². The fraction of sp³-hybridized carbons (Fsp3) is 1.00. The van der Waals surface area contributed by atoms with Crippen LogP contribution in [0.15, 0.2) is 0 Å². The topological polar surface area (TPSA) is 37.4 Å². The molecule has 1 rings (SSSR count). The highest BCUT2D eigenvalue weighted by Crippen LogP contribution is 2.18. The van der Waals surface area contributed by atoms with E-state index in [9.17, 15) is 8.42 Å². The molecule has 0 spiro atoms. The zero-order chi connectivity index (χ0) is 7.78. The van der Waals surface area contributed by atoms with Crippen LogP contribution in [0.4, 0.5) is 0 Å². The molecule has 1 aliphatic heterocycles. The van der Waals surface area contributed by atoms with Crippen LogP contribution >= 0.6 is 0 Å². The molecule has 0 saturated carbocycles. The van der Waals surface area contributed by atoms with Gasteiger partial charge < -0.3 is 0 Å². The first-order valence-corrected chi connectivity index (χ1v) is 5.00. The molecule has 0 aromatic heterocycles. The van der Waals surface area contributed by atoms with Gasteiger partial charge in [0.2, 0.25) is 10.0 Å². The first kappa shape index (κ1) is 8.01. The second-order valence-corrected chi connectivity index (χ2v) is 5.28. The minimum Gasteiger partial charge on any atom is -0.212 e. The highest BCUT2D eigenvalue weighted by atomic mass is 32.2. The lowest BCUT2D eigenvalue weighted by Crippen LogP contribution is -2.39. The van der Waals surface area contributed by atoms with Crippen molar-refractivity contribution in [3.63, 3.8) is 0 Å². The minimum absolute atomic E-state index is 0.175. The fourth-order valence-corrected chi connectivity index (χ4v) is 2.65. The van der Waals surface area contributed by atoms with Gasteiger partial charge in [0.1, 0.15) is 0 Å². The number of sulfonamides is 1. The predicted octanol–water partition coefficient (Wildman–Crippen LogP) is 0.430. The Morgan fingerprint density at radius 1 is 1.50 bits per heavy atom. The smallest absolute Gasteiger partial charge is 0.212 e. The maximum absolute atomic E-state index is 11.2. The Kier molecular flexibility index (Phi) is 2.01. The van der Waals surface area contributed by atoms with Crippen LogP contribution < -0.4 is 0 Å². The summed E-state index contributed by atoms with van der Waals surface area (Å²) in [6, 6.07) is 0. The molecule has 0 radical (unpaired) electrons. The van der Waals surface area contributed by atoms with Crippen molar-refractivity contribution in [1.29, 1.82) is 0 Å². The van der Waals surface area contributed by atoms with Crippen molar-refractivity contribution < 1.29 is 8.42 Å². The number of hydrogen-bond acceptors (Lipinski definition) is 2. The van der Waals surface area contributed by atoms with Crippen LogP contribution in [0.5, 0.6) is 0 Å². The molecular formula is C6H13NO2S. The lowest BCUT2D eigenvalue weighted by Gasteiger charge is -2.26. The third-order valence-corrected chi connectivity index (χ3v) is 4.33. The van der Waals surface area contributed by atoms with Gasteiger partial charge >= 0.3 is 0 Å². The summed E-state index contributed by atoms with van der Waals surface area (Å²) in [4.78, 5) is 0. The van der Waals surface area contributed by atoms with E-state index in [0.717, 1.165) is 12.8 Å². The van der Waals surface area contributed by atoms with E-state index in [1.54, 1.807) is 14.0 Å². The molecular weight excluding hydrogens is 150 g/mol. The Balaban J connectivity index is 2.84. The van der Waals surface area contributed by atoms with Crippen LogP contribution in [0, 0.1) is 0 Å². The van der Waals surface area contributed by atoms with Gasteiger partial charge in [0, 0.05) is 13.6 Å². The summed E-state index contributed by atoms with van der Waals surface area (Å²) < 4.78 is 23.9. The minimum atomic E-state index is -2.91. The normalized spacial score (nSPS) is 34.0. The van der Waals surface area contributed by atoms with Gasteiger partial charge in [0.15, 0.2) is 0 Å². The summed E-state index contributed by atoms with van der Waals surface area (Å²) in [5, 5.41) is -0.175. The van der Waals surface area contributed by atoms with E-state index in [1.807, 2.05) is 0 Å². The molecule has 1 saturated heterocycles. The number of rotatable bonds is 0. The van der Waals surface area contributed by atoms with E-state index >= 15 is 0 Å². The molecule has 0 N–H and O–H groups in total. The third kappa shape index (κ3) is 1.18. The van der Waals surface area contributed by atoms with Gasteiger partial charge in [-0.3, -0.25) is 0 Å². The van der Waals surface area contributed by atoms with Crippen LogP contribution in [0.1, 0.15) is 19.8 Å². The molecule has 60 valence electrons. The van der Waals surface area contributed by atoms with Crippen molar-refractivity contribution in [2.75, 3.05) is 13.6 Å². The maximum Gasteiger partial charge on any atom is 0.216 e. The second-order valence-electron chi connectivity index (χ2n) is 2.82. The number of nitrogens with zero attached hydrogens (tertiary/aromatic N) is 1. The average molecular weight is 163 g/mol. The molecule has 0 aromatic carbocycles. The first-order chi connectivity index (χ1) is 4.55. The average Bonchev–Trinajstić information content (AvgIpc) is 1.84. The summed E-state index contributed by atoms with van der Waals surface area (Å²) in [5.41, 5.74) is 0. The van der Waals surface area contributed by atoms with Crippen molar-refractivity contribution in [3.05, 3.63) is 0 Å². The molecule has 1 aliphatic rings. The van der Waals surface area contributed by atoms with Gasteiger partial charge in [-0.05, 0) is 19.8 Å². The van der Waals surface area contributed by atoms with E-state index in [4.69, 9.17) is 0 Å². The molecule has 1 fully saturated rings. The maximum atomic E-state index is 11.2. The highest BCUT2D eigenvalue weighted by Gasteiger charge is 2.29. The van der Waals surface area contributed by atoms with Gasteiger partial charge in [-0.2, -0.15) is 0 Å². The van der Waals surface area contributed by atoms with Crippen LogP contribution in [-0.4, -0.2) is 31.6 Å². The Morgan fingerprint density at radius 2 is 2.10 bits per heavy atom. The van der Waals surface area contributed by atoms with E-state index in [-0.39, 0.29) is 5.25 Å². The van der Waals surface area contributed by atoms with E-state index in [2.05, 4.69) is 0 Å². The molecule has 4 heteroatoms. The summed E-state index contributed by atoms with van der Waals surface area (Å²) in [6.07, 6.45) is 1.81. The fourth-order valence-electron chi connectivity index (χ4n) is 1.18. The van der Waals surface area contributed by atoms with Crippen LogP contribution in [0.3, 0.4) is 0 Å². The summed E-state index contributed by atoms with van der Waals surface area (Å²) in [7, 11) is -1.26. The molecule has 1 atom stereocenters. The van der Waals surface area contributed by atoms with Gasteiger partial charge in [0.25, 0.3) is 0 Å². The first-order valence-electron chi connectivity index (χ1n) is 3.50. The molecule has 10 heavy (non-hydrogen) atoms. The Bertz CT molecular complexity index is 194. The summed E-state index contributed by atoms with van der Waals surface area (Å²) >= 11 is 0. The molecule has 0 aromatic rings. The highest BCUT2D eigenvalue weighted by molar-refractivity contribution is 7.89. The quantitative estimate of drug-likeness (QED) is 0.519. The summed E-state index contributed by atoms with van der Waals surface area (Å²) in [5.74, 6) is 0. The van der Waals surface area contributed by atoms with Crippen LogP contribution in [0.2, 0.25) is 0 Å². The van der Waals surface area contributed by atoms with Gasteiger partial charge in [-0.15, -0.1) is 0 Å². The second kappa shape index (κ2) is 2.51. The zero-order valence-electron chi connectivity index (χ0n) is 6.37. The van der Waals surface area contributed by atoms with Gasteiger partial charge in [-0.1, -0.05) is 0 Å². The molecule has 1 heterocycles. The predicted molar refractivity (Wildman–Crippen MR) is 40.2 cm³/mol. The Labute approximate surface area is 62.1 Å². The molecule has 0 amide bonds. The van der Waals surface area contributed by atoms with Crippen molar-refractivity contribution in [2.45, 2.75) is 25.0 Å². The monoisotopic (exact) mass is 163 g/mol. The molecule has 3 nitrogen and oxygen atoms in total. The molecule has 0 bridgehead atoms. The standard InChI is InChI=1S/C6H13NO2S/c1-6-4-3-5-7(2)10(6,8)9/h6H,3-5H2,1-2H3. The largest absolute Gasteiger partial charge is 0.216 e.